The van der Waals surface area contributed by atoms with Gasteiger partial charge in [0.15, 0.2) is 0 Å². The van der Waals surface area contributed by atoms with Gasteiger partial charge >= 0.3 is 0 Å². The van der Waals surface area contributed by atoms with Crippen molar-refractivity contribution in [2.24, 2.45) is 7.05 Å². The molecule has 5 heteroatoms. The molecule has 106 valence electrons. The Hall–Kier alpha value is -1.78. The Labute approximate surface area is 136 Å². The zero-order valence-corrected chi connectivity index (χ0v) is 13.7. The Bertz CT molecular complexity index is 794. The highest BCUT2D eigenvalue weighted by molar-refractivity contribution is 9.10. The summed E-state index contributed by atoms with van der Waals surface area (Å²) < 4.78 is 2.70. The van der Waals surface area contributed by atoms with Gasteiger partial charge in [-0.15, -0.1) is 0 Å². The van der Waals surface area contributed by atoms with Gasteiger partial charge in [-0.2, -0.15) is 5.10 Å². The van der Waals surface area contributed by atoms with Gasteiger partial charge in [0, 0.05) is 27.7 Å². The lowest BCUT2D eigenvalue weighted by Crippen LogP contribution is -1.98. The van der Waals surface area contributed by atoms with Crippen LogP contribution >= 0.6 is 27.5 Å². The molecule has 1 aromatic heterocycles. The second kappa shape index (κ2) is 5.54. The minimum atomic E-state index is 0.598. The van der Waals surface area contributed by atoms with E-state index in [-0.39, 0.29) is 0 Å². The summed E-state index contributed by atoms with van der Waals surface area (Å²) in [5.74, 6) is 0.598. The standard InChI is InChI=1S/C16H13BrClN3/c1-21-16(19)14(12-4-2-3-5-13(12)18)15(20-21)10-6-8-11(17)9-7-10/h2-9H,19H2,1H3. The van der Waals surface area contributed by atoms with Crippen LogP contribution in [0.5, 0.6) is 0 Å². The van der Waals surface area contributed by atoms with Gasteiger partial charge in [0.25, 0.3) is 0 Å². The molecule has 0 aliphatic rings. The van der Waals surface area contributed by atoms with Gasteiger partial charge in [-0.25, -0.2) is 0 Å². The molecule has 2 aromatic carbocycles. The molecule has 0 unspecified atom stereocenters. The molecule has 0 amide bonds. The molecule has 0 aliphatic carbocycles. The maximum absolute atomic E-state index is 6.32. The van der Waals surface area contributed by atoms with E-state index >= 15 is 0 Å². The van der Waals surface area contributed by atoms with Crippen molar-refractivity contribution in [3.05, 3.63) is 58.0 Å². The predicted octanol–water partition coefficient (Wildman–Crippen LogP) is 4.75. The molecule has 0 fully saturated rings. The first-order valence-corrected chi connectivity index (χ1v) is 7.58. The lowest BCUT2D eigenvalue weighted by molar-refractivity contribution is 0.782. The molecule has 3 aromatic rings. The highest BCUT2D eigenvalue weighted by Crippen LogP contribution is 2.39. The largest absolute Gasteiger partial charge is 0.383 e. The first kappa shape index (κ1) is 14.2. The molecule has 3 nitrogen and oxygen atoms in total. The van der Waals surface area contributed by atoms with Crippen molar-refractivity contribution in [1.82, 2.24) is 9.78 Å². The topological polar surface area (TPSA) is 43.8 Å². The third kappa shape index (κ3) is 2.57. The molecule has 0 radical (unpaired) electrons. The van der Waals surface area contributed by atoms with Gasteiger partial charge in [-0.3, -0.25) is 4.68 Å². The fourth-order valence-electron chi connectivity index (χ4n) is 2.28. The lowest BCUT2D eigenvalue weighted by atomic mass is 10.0. The van der Waals surface area contributed by atoms with Gasteiger partial charge in [-0.1, -0.05) is 57.9 Å². The number of rotatable bonds is 2. The van der Waals surface area contributed by atoms with Crippen LogP contribution in [0, 0.1) is 0 Å². The van der Waals surface area contributed by atoms with Crippen LogP contribution in [0.3, 0.4) is 0 Å². The Morgan fingerprint density at radius 1 is 1.10 bits per heavy atom. The van der Waals surface area contributed by atoms with Gasteiger partial charge < -0.3 is 5.73 Å². The van der Waals surface area contributed by atoms with E-state index in [4.69, 9.17) is 17.3 Å². The number of benzene rings is 2. The fraction of sp³-hybridized carbons (Fsp3) is 0.0625. The van der Waals surface area contributed by atoms with Gasteiger partial charge in [0.05, 0.1) is 5.56 Å². The van der Waals surface area contributed by atoms with Crippen molar-refractivity contribution in [2.75, 3.05) is 5.73 Å². The van der Waals surface area contributed by atoms with E-state index in [1.165, 1.54) is 0 Å². The minimum Gasteiger partial charge on any atom is -0.383 e. The first-order valence-electron chi connectivity index (χ1n) is 6.41. The molecular formula is C16H13BrClN3. The zero-order valence-electron chi connectivity index (χ0n) is 11.3. The van der Waals surface area contributed by atoms with Crippen LogP contribution in [0.25, 0.3) is 22.4 Å². The second-order valence-electron chi connectivity index (χ2n) is 4.72. The summed E-state index contributed by atoms with van der Waals surface area (Å²) in [4.78, 5) is 0. The molecule has 0 bridgehead atoms. The van der Waals surface area contributed by atoms with Crippen molar-refractivity contribution >= 4 is 33.3 Å². The summed E-state index contributed by atoms with van der Waals surface area (Å²) in [5.41, 5.74) is 9.79. The third-order valence-corrected chi connectivity index (χ3v) is 4.21. The maximum atomic E-state index is 6.32. The van der Waals surface area contributed by atoms with E-state index in [0.717, 1.165) is 26.9 Å². The van der Waals surface area contributed by atoms with E-state index in [2.05, 4.69) is 21.0 Å². The normalized spacial score (nSPS) is 10.8. The highest BCUT2D eigenvalue weighted by Gasteiger charge is 2.19. The number of halogens is 2. The summed E-state index contributed by atoms with van der Waals surface area (Å²) in [7, 11) is 1.83. The molecule has 0 saturated heterocycles. The highest BCUT2D eigenvalue weighted by atomic mass is 79.9. The average molecular weight is 363 g/mol. The van der Waals surface area contributed by atoms with Crippen LogP contribution in [0.2, 0.25) is 5.02 Å². The smallest absolute Gasteiger partial charge is 0.129 e. The second-order valence-corrected chi connectivity index (χ2v) is 6.04. The summed E-state index contributed by atoms with van der Waals surface area (Å²) >= 11 is 9.77. The molecule has 0 aliphatic heterocycles. The van der Waals surface area contributed by atoms with E-state index in [0.29, 0.717) is 10.8 Å². The zero-order chi connectivity index (χ0) is 15.0. The van der Waals surface area contributed by atoms with Crippen LogP contribution in [-0.2, 0) is 7.05 Å². The molecule has 0 spiro atoms. The van der Waals surface area contributed by atoms with Crippen LogP contribution < -0.4 is 5.73 Å². The summed E-state index contributed by atoms with van der Waals surface area (Å²) in [6, 6.07) is 15.6. The lowest BCUT2D eigenvalue weighted by Gasteiger charge is -2.06. The monoisotopic (exact) mass is 361 g/mol. The van der Waals surface area contributed by atoms with Gasteiger partial charge in [0.2, 0.25) is 0 Å². The predicted molar refractivity (Wildman–Crippen MR) is 91.2 cm³/mol. The van der Waals surface area contributed by atoms with Crippen LogP contribution in [0.15, 0.2) is 53.0 Å². The van der Waals surface area contributed by atoms with Crippen molar-refractivity contribution in [3.63, 3.8) is 0 Å². The number of anilines is 1. The van der Waals surface area contributed by atoms with Crippen LogP contribution in [0.1, 0.15) is 0 Å². The molecule has 0 atom stereocenters. The number of aryl methyl sites for hydroxylation is 1. The Morgan fingerprint density at radius 2 is 1.76 bits per heavy atom. The summed E-state index contributed by atoms with van der Waals surface area (Å²) in [6.45, 7) is 0. The molecule has 3 rings (SSSR count). The van der Waals surface area contributed by atoms with Crippen molar-refractivity contribution in [3.8, 4) is 22.4 Å². The fourth-order valence-corrected chi connectivity index (χ4v) is 2.77. The van der Waals surface area contributed by atoms with Gasteiger partial charge in [0.1, 0.15) is 11.5 Å². The number of nitrogens with two attached hydrogens (primary N) is 1. The van der Waals surface area contributed by atoms with Crippen molar-refractivity contribution in [2.45, 2.75) is 0 Å². The molecule has 0 saturated carbocycles. The number of hydrogen-bond donors (Lipinski definition) is 1. The average Bonchev–Trinajstić information content (AvgIpc) is 2.77. The quantitative estimate of drug-likeness (QED) is 0.715. The number of hydrogen-bond acceptors (Lipinski definition) is 2. The molecule has 1 heterocycles. The van der Waals surface area contributed by atoms with E-state index in [1.807, 2.05) is 55.6 Å². The summed E-state index contributed by atoms with van der Waals surface area (Å²) in [6.07, 6.45) is 0. The summed E-state index contributed by atoms with van der Waals surface area (Å²) in [5, 5.41) is 5.21. The number of nitrogens with zero attached hydrogens (tertiary/aromatic N) is 2. The van der Waals surface area contributed by atoms with E-state index in [1.54, 1.807) is 4.68 Å². The number of nitrogen functional groups attached to an aromatic ring is 1. The first-order chi connectivity index (χ1) is 10.1. The van der Waals surface area contributed by atoms with E-state index < -0.39 is 0 Å². The Kier molecular flexibility index (Phi) is 3.74. The van der Waals surface area contributed by atoms with Gasteiger partial charge in [-0.05, 0) is 18.2 Å². The Morgan fingerprint density at radius 3 is 2.43 bits per heavy atom. The van der Waals surface area contributed by atoms with E-state index in [9.17, 15) is 0 Å². The van der Waals surface area contributed by atoms with Crippen molar-refractivity contribution in [1.29, 1.82) is 0 Å². The maximum Gasteiger partial charge on any atom is 0.129 e. The SMILES string of the molecule is Cn1nc(-c2ccc(Br)cc2)c(-c2ccccc2Cl)c1N. The van der Waals surface area contributed by atoms with Crippen LogP contribution in [-0.4, -0.2) is 9.78 Å². The van der Waals surface area contributed by atoms with Crippen LogP contribution in [0.4, 0.5) is 5.82 Å². The number of aromatic nitrogens is 2. The minimum absolute atomic E-state index is 0.598. The molecule has 2 N–H and O–H groups in total. The van der Waals surface area contributed by atoms with Crippen molar-refractivity contribution < 1.29 is 0 Å². The third-order valence-electron chi connectivity index (χ3n) is 3.35. The molecular weight excluding hydrogens is 350 g/mol. The molecule has 21 heavy (non-hydrogen) atoms. The Balaban J connectivity index is 2.26.